The van der Waals surface area contributed by atoms with E-state index in [0.29, 0.717) is 10.4 Å². The first-order chi connectivity index (χ1) is 9.74. The van der Waals surface area contributed by atoms with E-state index in [9.17, 15) is 4.79 Å². The van der Waals surface area contributed by atoms with E-state index in [2.05, 4.69) is 20.9 Å². The Hall–Kier alpha value is -0.680. The van der Waals surface area contributed by atoms with E-state index in [1.54, 1.807) is 0 Å². The Morgan fingerprint density at radius 1 is 1.20 bits per heavy atom. The summed E-state index contributed by atoms with van der Waals surface area (Å²) in [7, 11) is 0. The Balaban J connectivity index is 1.81. The number of hydrogen-bond donors (Lipinski definition) is 1. The van der Waals surface area contributed by atoms with Gasteiger partial charge in [-0.3, -0.25) is 4.79 Å². The van der Waals surface area contributed by atoms with E-state index in [0.717, 1.165) is 50.2 Å². The predicted molar refractivity (Wildman–Crippen MR) is 81.1 cm³/mol. The van der Waals surface area contributed by atoms with E-state index < -0.39 is 0 Å². The Labute approximate surface area is 127 Å². The minimum absolute atomic E-state index is 0.0484. The van der Waals surface area contributed by atoms with Gasteiger partial charge in [0.25, 0.3) is 5.56 Å². The van der Waals surface area contributed by atoms with Crippen LogP contribution in [-0.2, 0) is 11.2 Å². The number of hydrogen-bond acceptors (Lipinski definition) is 3. The van der Waals surface area contributed by atoms with Crippen molar-refractivity contribution in [2.75, 3.05) is 6.61 Å². The number of nitrogens with zero attached hydrogens (tertiary/aromatic N) is 1. The fraction of sp³-hybridized carbons (Fsp3) is 0.733. The van der Waals surface area contributed by atoms with Crippen molar-refractivity contribution in [1.82, 2.24) is 9.97 Å². The molecule has 2 fully saturated rings. The first-order valence-corrected chi connectivity index (χ1v) is 8.43. The topological polar surface area (TPSA) is 55.0 Å². The molecule has 0 amide bonds. The van der Waals surface area contributed by atoms with Gasteiger partial charge in [0.05, 0.1) is 11.8 Å². The Kier molecular flexibility index (Phi) is 4.56. The summed E-state index contributed by atoms with van der Waals surface area (Å²) in [5.74, 6) is 1.23. The molecule has 1 saturated heterocycles. The van der Waals surface area contributed by atoms with Gasteiger partial charge in [0, 0.05) is 18.9 Å². The van der Waals surface area contributed by atoms with Crippen LogP contribution in [0.5, 0.6) is 0 Å². The zero-order valence-electron chi connectivity index (χ0n) is 11.7. The van der Waals surface area contributed by atoms with Crippen LogP contribution >= 0.6 is 15.9 Å². The summed E-state index contributed by atoms with van der Waals surface area (Å²) < 4.78 is 6.37. The second kappa shape index (κ2) is 6.39. The molecular formula is C15H21BrN2O2. The molecule has 5 heteroatoms. The summed E-state index contributed by atoms with van der Waals surface area (Å²) in [6, 6.07) is 0. The molecule has 0 bridgehead atoms. The minimum atomic E-state index is -0.0484. The summed E-state index contributed by atoms with van der Waals surface area (Å²) in [5.41, 5.74) is 0.907. The maximum Gasteiger partial charge on any atom is 0.265 e. The van der Waals surface area contributed by atoms with Crippen LogP contribution in [0.15, 0.2) is 9.27 Å². The molecular weight excluding hydrogens is 320 g/mol. The first-order valence-electron chi connectivity index (χ1n) is 7.64. The van der Waals surface area contributed by atoms with E-state index >= 15 is 0 Å². The number of aromatic amines is 1. The number of H-pyrrole nitrogens is 1. The van der Waals surface area contributed by atoms with Gasteiger partial charge >= 0.3 is 0 Å². The van der Waals surface area contributed by atoms with E-state index in [1.165, 1.54) is 19.3 Å². The minimum Gasteiger partial charge on any atom is -0.378 e. The quantitative estimate of drug-likeness (QED) is 0.918. The highest BCUT2D eigenvalue weighted by atomic mass is 79.9. The lowest BCUT2D eigenvalue weighted by molar-refractivity contribution is 0.0155. The molecule has 110 valence electrons. The summed E-state index contributed by atoms with van der Waals surface area (Å²) in [6.45, 7) is 0.834. The molecule has 0 radical (unpaired) electrons. The molecule has 2 aliphatic rings. The van der Waals surface area contributed by atoms with E-state index in [1.807, 2.05) is 0 Å². The maximum atomic E-state index is 12.1. The van der Waals surface area contributed by atoms with Gasteiger partial charge in [0.15, 0.2) is 0 Å². The van der Waals surface area contributed by atoms with Crippen molar-refractivity contribution in [2.45, 2.75) is 63.4 Å². The second-order valence-electron chi connectivity index (χ2n) is 5.89. The smallest absolute Gasteiger partial charge is 0.265 e. The van der Waals surface area contributed by atoms with Crippen molar-refractivity contribution in [2.24, 2.45) is 0 Å². The second-order valence-corrected chi connectivity index (χ2v) is 6.68. The lowest BCUT2D eigenvalue weighted by atomic mass is 10.0. The lowest BCUT2D eigenvalue weighted by Crippen LogP contribution is -2.25. The van der Waals surface area contributed by atoms with Crippen molar-refractivity contribution in [3.05, 3.63) is 26.3 Å². The summed E-state index contributed by atoms with van der Waals surface area (Å²) in [5, 5.41) is 0. The summed E-state index contributed by atoms with van der Waals surface area (Å²) in [4.78, 5) is 19.7. The van der Waals surface area contributed by atoms with Crippen LogP contribution in [0.2, 0.25) is 0 Å². The fourth-order valence-corrected chi connectivity index (χ4v) is 3.79. The lowest BCUT2D eigenvalue weighted by Gasteiger charge is -2.22. The number of aromatic nitrogens is 2. The van der Waals surface area contributed by atoms with Crippen molar-refractivity contribution < 1.29 is 4.74 Å². The van der Waals surface area contributed by atoms with Gasteiger partial charge in [-0.1, -0.05) is 12.8 Å². The standard InChI is InChI=1S/C15H21BrN2O2/c16-13-14(10-5-1-2-6-10)17-12(18-15(13)19)9-11-7-3-4-8-20-11/h10-11H,1-9H2,(H,17,18,19). The molecule has 1 atom stereocenters. The molecule has 1 aromatic heterocycles. The van der Waals surface area contributed by atoms with Crippen LogP contribution in [0, 0.1) is 0 Å². The molecule has 3 rings (SSSR count). The monoisotopic (exact) mass is 340 g/mol. The number of rotatable bonds is 3. The Morgan fingerprint density at radius 3 is 2.65 bits per heavy atom. The molecule has 4 nitrogen and oxygen atoms in total. The normalized spacial score (nSPS) is 24.1. The van der Waals surface area contributed by atoms with Gasteiger partial charge in [-0.2, -0.15) is 0 Å². The van der Waals surface area contributed by atoms with E-state index in [4.69, 9.17) is 9.72 Å². The summed E-state index contributed by atoms with van der Waals surface area (Å²) >= 11 is 3.41. The van der Waals surface area contributed by atoms with Crippen molar-refractivity contribution >= 4 is 15.9 Å². The van der Waals surface area contributed by atoms with Crippen LogP contribution in [0.4, 0.5) is 0 Å². The van der Waals surface area contributed by atoms with Crippen LogP contribution in [0.3, 0.4) is 0 Å². The molecule has 1 aliphatic heterocycles. The van der Waals surface area contributed by atoms with Gasteiger partial charge in [-0.05, 0) is 48.0 Å². The molecule has 0 aromatic carbocycles. The first kappa shape index (κ1) is 14.3. The average Bonchev–Trinajstić information content (AvgIpc) is 2.98. The molecule has 1 unspecified atom stereocenters. The Morgan fingerprint density at radius 2 is 1.95 bits per heavy atom. The van der Waals surface area contributed by atoms with Gasteiger partial charge in [-0.25, -0.2) is 4.98 Å². The molecule has 0 spiro atoms. The molecule has 1 N–H and O–H groups in total. The van der Waals surface area contributed by atoms with Gasteiger partial charge in [0.2, 0.25) is 0 Å². The highest BCUT2D eigenvalue weighted by Gasteiger charge is 2.24. The van der Waals surface area contributed by atoms with Crippen molar-refractivity contribution in [3.63, 3.8) is 0 Å². The number of halogens is 1. The predicted octanol–water partition coefficient (Wildman–Crippen LogP) is 3.30. The third kappa shape index (κ3) is 3.14. The van der Waals surface area contributed by atoms with Gasteiger partial charge < -0.3 is 9.72 Å². The van der Waals surface area contributed by atoms with Crippen LogP contribution < -0.4 is 5.56 Å². The Bertz CT molecular complexity index is 517. The third-order valence-electron chi connectivity index (χ3n) is 4.37. The average molecular weight is 341 g/mol. The van der Waals surface area contributed by atoms with Crippen molar-refractivity contribution in [3.8, 4) is 0 Å². The molecule has 20 heavy (non-hydrogen) atoms. The largest absolute Gasteiger partial charge is 0.378 e. The van der Waals surface area contributed by atoms with Crippen LogP contribution in [0.1, 0.15) is 62.4 Å². The molecule has 1 aromatic rings. The van der Waals surface area contributed by atoms with Crippen LogP contribution in [0.25, 0.3) is 0 Å². The van der Waals surface area contributed by atoms with Gasteiger partial charge in [0.1, 0.15) is 10.3 Å². The molecule has 1 saturated carbocycles. The van der Waals surface area contributed by atoms with E-state index in [-0.39, 0.29) is 11.7 Å². The zero-order valence-corrected chi connectivity index (χ0v) is 13.2. The number of ether oxygens (including phenoxy) is 1. The highest BCUT2D eigenvalue weighted by Crippen LogP contribution is 2.35. The summed E-state index contributed by atoms with van der Waals surface area (Å²) in [6.07, 6.45) is 9.14. The fourth-order valence-electron chi connectivity index (χ4n) is 3.28. The third-order valence-corrected chi connectivity index (χ3v) is 5.14. The zero-order chi connectivity index (χ0) is 13.9. The van der Waals surface area contributed by atoms with Gasteiger partial charge in [-0.15, -0.1) is 0 Å². The molecule has 2 heterocycles. The molecule has 1 aliphatic carbocycles. The maximum absolute atomic E-state index is 12.1. The SMILES string of the molecule is O=c1[nH]c(CC2CCCCO2)nc(C2CCCC2)c1Br. The number of nitrogens with one attached hydrogen (secondary N) is 1. The van der Waals surface area contributed by atoms with Crippen molar-refractivity contribution in [1.29, 1.82) is 0 Å². The van der Waals surface area contributed by atoms with Crippen LogP contribution in [-0.4, -0.2) is 22.7 Å². The highest BCUT2D eigenvalue weighted by molar-refractivity contribution is 9.10.